The average molecular weight is 399 g/mol. The second-order valence-corrected chi connectivity index (χ2v) is 7.77. The first-order valence-corrected chi connectivity index (χ1v) is 9.70. The van der Waals surface area contributed by atoms with E-state index in [0.717, 1.165) is 27.0 Å². The molecule has 0 N–H and O–H groups in total. The molecule has 2 heterocycles. The normalized spacial score (nSPS) is 10.8. The predicted octanol–water partition coefficient (Wildman–Crippen LogP) is 6.06. The first kappa shape index (κ1) is 19.3. The van der Waals surface area contributed by atoms with Crippen LogP contribution in [0.4, 0.5) is 0 Å². The van der Waals surface area contributed by atoms with E-state index in [9.17, 15) is 0 Å². The van der Waals surface area contributed by atoms with Gasteiger partial charge in [-0.05, 0) is 41.3 Å². The van der Waals surface area contributed by atoms with Gasteiger partial charge in [0.05, 0.1) is 18.8 Å². The summed E-state index contributed by atoms with van der Waals surface area (Å²) in [6.45, 7) is 5.02. The zero-order valence-corrected chi connectivity index (χ0v) is 16.7. The van der Waals surface area contributed by atoms with Crippen molar-refractivity contribution in [3.05, 3.63) is 81.3 Å². The van der Waals surface area contributed by atoms with Gasteiger partial charge in [0.15, 0.2) is 0 Å². The van der Waals surface area contributed by atoms with Crippen LogP contribution in [0, 0.1) is 0 Å². The molecule has 0 unspecified atom stereocenters. The topological polar surface area (TPSA) is 79.5 Å². The second-order valence-electron chi connectivity index (χ2n) is 6.27. The van der Waals surface area contributed by atoms with Gasteiger partial charge in [0.25, 0.3) is 0 Å². The summed E-state index contributed by atoms with van der Waals surface area (Å²) in [6.07, 6.45) is 3.58. The molecule has 8 heteroatoms. The number of pyridine rings is 1. The lowest BCUT2D eigenvalue weighted by Gasteiger charge is -2.13. The molecule has 6 nitrogen and oxygen atoms in total. The summed E-state index contributed by atoms with van der Waals surface area (Å²) in [6, 6.07) is 11.7. The number of rotatable bonds is 7. The third-order valence-electron chi connectivity index (χ3n) is 3.92. The molecule has 0 aliphatic carbocycles. The van der Waals surface area contributed by atoms with Crippen LogP contribution in [-0.2, 0) is 13.1 Å². The Hall–Kier alpha value is -2.47. The fourth-order valence-corrected chi connectivity index (χ4v) is 4.16. The molecule has 0 radical (unpaired) electrons. The molecular weight excluding hydrogens is 380 g/mol. The van der Waals surface area contributed by atoms with Crippen molar-refractivity contribution in [1.82, 2.24) is 14.5 Å². The van der Waals surface area contributed by atoms with Crippen LogP contribution >= 0.6 is 23.4 Å². The summed E-state index contributed by atoms with van der Waals surface area (Å²) in [5, 5.41) is 5.45. The summed E-state index contributed by atoms with van der Waals surface area (Å²) in [4.78, 5) is 12.9. The van der Waals surface area contributed by atoms with Crippen molar-refractivity contribution in [2.45, 2.75) is 42.8 Å². The Labute approximate surface area is 167 Å². The lowest BCUT2D eigenvalue weighted by molar-refractivity contribution is 0.666. The molecule has 138 valence electrons. The number of hydrogen-bond acceptors (Lipinski definition) is 4. The predicted molar refractivity (Wildman–Crippen MR) is 108 cm³/mol. The molecule has 0 saturated heterocycles. The van der Waals surface area contributed by atoms with Gasteiger partial charge in [-0.1, -0.05) is 54.5 Å². The Bertz CT molecular complexity index is 964. The number of benzene rings is 1. The highest BCUT2D eigenvalue weighted by Gasteiger charge is 2.20. The maximum absolute atomic E-state index is 8.75. The average Bonchev–Trinajstić information content (AvgIpc) is 2.98. The summed E-state index contributed by atoms with van der Waals surface area (Å²) in [7, 11) is 0. The van der Waals surface area contributed by atoms with E-state index < -0.39 is 0 Å². The second kappa shape index (κ2) is 8.95. The lowest BCUT2D eigenvalue weighted by Crippen LogP contribution is -2.06. The van der Waals surface area contributed by atoms with E-state index in [1.54, 1.807) is 18.0 Å². The SMILES string of the molecule is CC(C)c1nc(CN=[N+]=[N-])n(Cc2cccnc2)c1Sc1cccc(Cl)c1. The largest absolute Gasteiger partial charge is 0.318 e. The minimum Gasteiger partial charge on any atom is -0.318 e. The lowest BCUT2D eigenvalue weighted by atomic mass is 10.1. The Balaban J connectivity index is 2.09. The zero-order valence-electron chi connectivity index (χ0n) is 15.1. The highest BCUT2D eigenvalue weighted by atomic mass is 35.5. The first-order chi connectivity index (χ1) is 13.1. The van der Waals surface area contributed by atoms with Gasteiger partial charge in [0.2, 0.25) is 0 Å². The van der Waals surface area contributed by atoms with Gasteiger partial charge >= 0.3 is 0 Å². The van der Waals surface area contributed by atoms with Gasteiger partial charge < -0.3 is 4.57 Å². The standard InChI is InChI=1S/C19H19ClN6S/c1-13(2)18-19(27-16-7-3-6-15(20)9-16)26(17(24-18)11-23-25-21)12-14-5-4-8-22-10-14/h3-10,13H,11-12H2,1-2H3. The summed E-state index contributed by atoms with van der Waals surface area (Å²) in [5.74, 6) is 0.969. The van der Waals surface area contributed by atoms with Gasteiger partial charge in [-0.15, -0.1) is 0 Å². The minimum atomic E-state index is 0.201. The molecule has 0 aliphatic heterocycles. The Morgan fingerprint density at radius 1 is 1.30 bits per heavy atom. The van der Waals surface area contributed by atoms with E-state index in [2.05, 4.69) is 33.4 Å². The zero-order chi connectivity index (χ0) is 19.2. The summed E-state index contributed by atoms with van der Waals surface area (Å²) >= 11 is 7.78. The van der Waals surface area contributed by atoms with Crippen molar-refractivity contribution in [1.29, 1.82) is 0 Å². The maximum atomic E-state index is 8.75. The van der Waals surface area contributed by atoms with E-state index in [0.29, 0.717) is 11.6 Å². The van der Waals surface area contributed by atoms with Gasteiger partial charge in [-0.25, -0.2) is 4.98 Å². The van der Waals surface area contributed by atoms with E-state index >= 15 is 0 Å². The highest BCUT2D eigenvalue weighted by molar-refractivity contribution is 7.99. The van der Waals surface area contributed by atoms with Crippen molar-refractivity contribution in [2.75, 3.05) is 0 Å². The molecule has 0 saturated carbocycles. The number of hydrogen-bond donors (Lipinski definition) is 0. The van der Waals surface area contributed by atoms with Crippen LogP contribution in [0.3, 0.4) is 0 Å². The van der Waals surface area contributed by atoms with Crippen LogP contribution in [0.2, 0.25) is 5.02 Å². The quantitative estimate of drug-likeness (QED) is 0.275. The van der Waals surface area contributed by atoms with Crippen LogP contribution < -0.4 is 0 Å². The molecule has 0 spiro atoms. The van der Waals surface area contributed by atoms with Crippen molar-refractivity contribution in [3.8, 4) is 0 Å². The Morgan fingerprint density at radius 2 is 2.15 bits per heavy atom. The molecule has 3 rings (SSSR count). The Morgan fingerprint density at radius 3 is 2.81 bits per heavy atom. The van der Waals surface area contributed by atoms with Gasteiger partial charge in [-0.2, -0.15) is 0 Å². The van der Waals surface area contributed by atoms with Crippen molar-refractivity contribution in [3.63, 3.8) is 0 Å². The third-order valence-corrected chi connectivity index (χ3v) is 5.27. The molecule has 0 aliphatic rings. The fraction of sp³-hybridized carbons (Fsp3) is 0.263. The molecular formula is C19H19ClN6S. The molecule has 1 aromatic carbocycles. The van der Waals surface area contributed by atoms with E-state index in [-0.39, 0.29) is 12.5 Å². The van der Waals surface area contributed by atoms with Gasteiger partial charge in [0, 0.05) is 27.2 Å². The maximum Gasteiger partial charge on any atom is 0.116 e. The molecule has 0 fully saturated rings. The molecule has 0 amide bonds. The van der Waals surface area contributed by atoms with Gasteiger partial charge in [-0.3, -0.25) is 4.98 Å². The van der Waals surface area contributed by atoms with Crippen LogP contribution in [0.1, 0.15) is 36.8 Å². The molecule has 0 atom stereocenters. The summed E-state index contributed by atoms with van der Waals surface area (Å²) < 4.78 is 2.10. The van der Waals surface area contributed by atoms with Crippen LogP contribution in [-0.4, -0.2) is 14.5 Å². The molecule has 2 aromatic heterocycles. The van der Waals surface area contributed by atoms with E-state index in [4.69, 9.17) is 22.1 Å². The Kier molecular flexibility index (Phi) is 6.40. The van der Waals surface area contributed by atoms with Gasteiger partial charge in [0.1, 0.15) is 10.9 Å². The monoisotopic (exact) mass is 398 g/mol. The van der Waals surface area contributed by atoms with E-state index in [1.165, 1.54) is 0 Å². The van der Waals surface area contributed by atoms with Crippen molar-refractivity contribution < 1.29 is 0 Å². The third kappa shape index (κ3) is 4.83. The van der Waals surface area contributed by atoms with E-state index in [1.807, 2.05) is 42.6 Å². The van der Waals surface area contributed by atoms with Crippen LogP contribution in [0.25, 0.3) is 10.4 Å². The number of halogens is 1. The number of aromatic nitrogens is 3. The number of nitrogens with zero attached hydrogens (tertiary/aromatic N) is 6. The molecule has 3 aromatic rings. The van der Waals surface area contributed by atoms with Crippen molar-refractivity contribution in [2.24, 2.45) is 5.11 Å². The minimum absolute atomic E-state index is 0.201. The smallest absolute Gasteiger partial charge is 0.116 e. The van der Waals surface area contributed by atoms with Crippen LogP contribution in [0.15, 0.2) is 63.8 Å². The highest BCUT2D eigenvalue weighted by Crippen LogP contribution is 2.36. The number of imidazole rings is 1. The van der Waals surface area contributed by atoms with Crippen LogP contribution in [0.5, 0.6) is 0 Å². The number of azide groups is 1. The molecule has 27 heavy (non-hydrogen) atoms. The fourth-order valence-electron chi connectivity index (χ4n) is 2.68. The molecule has 0 bridgehead atoms. The van der Waals surface area contributed by atoms with Crippen molar-refractivity contribution >= 4 is 23.4 Å². The first-order valence-electron chi connectivity index (χ1n) is 8.51. The summed E-state index contributed by atoms with van der Waals surface area (Å²) in [5.41, 5.74) is 10.8.